The number of rotatable bonds is 7. The van der Waals surface area contributed by atoms with Gasteiger partial charge in [-0.3, -0.25) is 4.79 Å². The normalized spacial score (nSPS) is 15.2. The van der Waals surface area contributed by atoms with E-state index in [0.29, 0.717) is 0 Å². The van der Waals surface area contributed by atoms with Crippen molar-refractivity contribution in [2.24, 2.45) is 11.5 Å². The molecule has 0 fully saturated rings. The maximum Gasteiger partial charge on any atom is 0.322 e. The number of hydrogen-bond donors (Lipinski definition) is 3. The van der Waals surface area contributed by atoms with Crippen LogP contribution in [0, 0.1) is 0 Å². The second kappa shape index (κ2) is 7.76. The molecule has 0 aliphatic rings. The summed E-state index contributed by atoms with van der Waals surface area (Å²) < 4.78 is 10.8. The van der Waals surface area contributed by atoms with Crippen LogP contribution >= 0.6 is 0 Å². The fraction of sp³-hybridized carbons (Fsp3) is 0.846. The molecule has 0 aromatic carbocycles. The van der Waals surface area contributed by atoms with Crippen molar-refractivity contribution in [2.45, 2.75) is 57.5 Å². The molecule has 7 nitrogen and oxygen atoms in total. The third-order valence-electron chi connectivity index (χ3n) is 3.79. The smallest absolute Gasteiger partial charge is 0.322 e. The van der Waals surface area contributed by atoms with Crippen molar-refractivity contribution in [3.63, 3.8) is 0 Å². The SMILES string of the molecule is COC(=O)[C@@H](N)C[C@@H](CNC(N)=O)O[Si](C)(C)C(C)(C)C. The van der Waals surface area contributed by atoms with Gasteiger partial charge in [0.2, 0.25) is 0 Å². The number of nitrogens with one attached hydrogen (secondary N) is 1. The maximum absolute atomic E-state index is 11.4. The Kier molecular flexibility index (Phi) is 7.35. The van der Waals surface area contributed by atoms with Crippen LogP contribution in [0.25, 0.3) is 0 Å². The predicted octanol–water partition coefficient (Wildman–Crippen LogP) is 0.935. The maximum atomic E-state index is 11.4. The van der Waals surface area contributed by atoms with Gasteiger partial charge in [-0.1, -0.05) is 20.8 Å². The van der Waals surface area contributed by atoms with E-state index in [4.69, 9.17) is 15.9 Å². The lowest BCUT2D eigenvalue weighted by atomic mass is 10.1. The molecule has 0 bridgehead atoms. The second-order valence-electron chi connectivity index (χ2n) is 6.61. The van der Waals surface area contributed by atoms with Crippen LogP contribution in [0.3, 0.4) is 0 Å². The molecule has 0 aliphatic carbocycles. The van der Waals surface area contributed by atoms with Crippen molar-refractivity contribution in [2.75, 3.05) is 13.7 Å². The van der Waals surface area contributed by atoms with Crippen molar-refractivity contribution in [3.8, 4) is 0 Å². The molecular formula is C13H29N3O4Si. The van der Waals surface area contributed by atoms with E-state index in [0.717, 1.165) is 0 Å². The minimum atomic E-state index is -2.05. The minimum Gasteiger partial charge on any atom is -0.468 e. The van der Waals surface area contributed by atoms with E-state index in [9.17, 15) is 9.59 Å². The van der Waals surface area contributed by atoms with Gasteiger partial charge in [-0.05, 0) is 24.6 Å². The molecule has 0 unspecified atom stereocenters. The number of carbonyl (C=O) groups excluding carboxylic acids is 2. The minimum absolute atomic E-state index is 0.00728. The fourth-order valence-electron chi connectivity index (χ4n) is 1.51. The number of esters is 1. The van der Waals surface area contributed by atoms with E-state index in [1.54, 1.807) is 0 Å². The first-order valence-electron chi connectivity index (χ1n) is 6.95. The number of carbonyl (C=O) groups is 2. The molecule has 0 radical (unpaired) electrons. The molecule has 8 heteroatoms. The van der Waals surface area contributed by atoms with Crippen LogP contribution in [-0.4, -0.2) is 46.1 Å². The number of nitrogens with two attached hydrogens (primary N) is 2. The monoisotopic (exact) mass is 319 g/mol. The topological polar surface area (TPSA) is 117 Å². The largest absolute Gasteiger partial charge is 0.468 e. The van der Waals surface area contributed by atoms with Crippen LogP contribution in [0.4, 0.5) is 4.79 Å². The molecule has 0 saturated heterocycles. The van der Waals surface area contributed by atoms with Gasteiger partial charge in [0.05, 0.1) is 13.2 Å². The van der Waals surface area contributed by atoms with E-state index < -0.39 is 26.4 Å². The molecule has 2 amide bonds. The summed E-state index contributed by atoms with van der Waals surface area (Å²) in [5.41, 5.74) is 10.9. The number of ether oxygens (including phenoxy) is 1. The molecule has 0 saturated carbocycles. The van der Waals surface area contributed by atoms with Crippen LogP contribution in [0.5, 0.6) is 0 Å². The number of primary amides is 1. The summed E-state index contributed by atoms with van der Waals surface area (Å²) in [4.78, 5) is 22.3. The zero-order chi connectivity index (χ0) is 16.8. The molecule has 0 spiro atoms. The highest BCUT2D eigenvalue weighted by Crippen LogP contribution is 2.37. The first-order valence-corrected chi connectivity index (χ1v) is 9.86. The summed E-state index contributed by atoms with van der Waals surface area (Å²) in [6.45, 7) is 10.7. The molecule has 124 valence electrons. The Morgan fingerprint density at radius 3 is 2.19 bits per heavy atom. The lowest BCUT2D eigenvalue weighted by Gasteiger charge is -2.39. The molecule has 0 aliphatic heterocycles. The highest BCUT2D eigenvalue weighted by atomic mass is 28.4. The molecule has 0 aromatic heterocycles. The predicted molar refractivity (Wildman–Crippen MR) is 84.3 cm³/mol. The van der Waals surface area contributed by atoms with Crippen LogP contribution in [0.1, 0.15) is 27.2 Å². The van der Waals surface area contributed by atoms with Gasteiger partial charge in [-0.25, -0.2) is 4.79 Å². The van der Waals surface area contributed by atoms with Crippen molar-refractivity contribution in [1.29, 1.82) is 0 Å². The van der Waals surface area contributed by atoms with Gasteiger partial charge in [0.15, 0.2) is 8.32 Å². The Morgan fingerprint density at radius 2 is 1.81 bits per heavy atom. The second-order valence-corrected chi connectivity index (χ2v) is 11.4. The molecule has 5 N–H and O–H groups in total. The Hall–Kier alpha value is -1.12. The Balaban J connectivity index is 4.89. The molecule has 0 aromatic rings. The van der Waals surface area contributed by atoms with Gasteiger partial charge < -0.3 is 25.9 Å². The van der Waals surface area contributed by atoms with Crippen molar-refractivity contribution >= 4 is 20.3 Å². The van der Waals surface area contributed by atoms with Crippen LogP contribution in [-0.2, 0) is 14.0 Å². The summed E-state index contributed by atoms with van der Waals surface area (Å²) in [5.74, 6) is -0.502. The highest BCUT2D eigenvalue weighted by Gasteiger charge is 2.39. The van der Waals surface area contributed by atoms with Gasteiger partial charge in [0.1, 0.15) is 6.04 Å². The van der Waals surface area contributed by atoms with Gasteiger partial charge in [0.25, 0.3) is 0 Å². The summed E-state index contributed by atoms with van der Waals surface area (Å²) in [6.07, 6.45) is -0.119. The van der Waals surface area contributed by atoms with Crippen LogP contribution in [0.2, 0.25) is 18.1 Å². The quantitative estimate of drug-likeness (QED) is 0.477. The van der Waals surface area contributed by atoms with E-state index in [1.165, 1.54) is 7.11 Å². The van der Waals surface area contributed by atoms with Crippen molar-refractivity contribution in [3.05, 3.63) is 0 Å². The third-order valence-corrected chi connectivity index (χ3v) is 8.33. The highest BCUT2D eigenvalue weighted by molar-refractivity contribution is 6.74. The van der Waals surface area contributed by atoms with E-state index in [2.05, 4.69) is 43.9 Å². The van der Waals surface area contributed by atoms with Crippen molar-refractivity contribution < 1.29 is 18.8 Å². The van der Waals surface area contributed by atoms with Gasteiger partial charge >= 0.3 is 12.0 Å². The first kappa shape index (κ1) is 19.9. The summed E-state index contributed by atoms with van der Waals surface area (Å²) in [5, 5.41) is 2.52. The summed E-state index contributed by atoms with van der Waals surface area (Å²) in [6, 6.07) is -1.43. The lowest BCUT2D eigenvalue weighted by molar-refractivity contribution is -0.142. The van der Waals surface area contributed by atoms with Crippen LogP contribution < -0.4 is 16.8 Å². The molecular weight excluding hydrogens is 290 g/mol. The molecule has 21 heavy (non-hydrogen) atoms. The van der Waals surface area contributed by atoms with E-state index in [-0.39, 0.29) is 24.1 Å². The Labute approximate surface area is 127 Å². The fourth-order valence-corrected chi connectivity index (χ4v) is 2.88. The van der Waals surface area contributed by atoms with E-state index in [1.807, 2.05) is 0 Å². The average molecular weight is 319 g/mol. The summed E-state index contributed by atoms with van der Waals surface area (Å²) >= 11 is 0. The standard InChI is InChI=1S/C13H29N3O4Si/c1-13(2,3)21(5,6)20-9(8-16-12(15)18)7-10(14)11(17)19-4/h9-10H,7-8,14H2,1-6H3,(H3,15,16,18)/t9-,10-/m0/s1. The van der Waals surface area contributed by atoms with Gasteiger partial charge in [-0.15, -0.1) is 0 Å². The number of amides is 2. The first-order chi connectivity index (χ1) is 9.40. The zero-order valence-electron chi connectivity index (χ0n) is 13.9. The number of hydrogen-bond acceptors (Lipinski definition) is 5. The zero-order valence-corrected chi connectivity index (χ0v) is 14.9. The number of methoxy groups -OCH3 is 1. The lowest BCUT2D eigenvalue weighted by Crippen LogP contribution is -2.50. The van der Waals surface area contributed by atoms with Gasteiger partial charge in [0, 0.05) is 6.54 Å². The van der Waals surface area contributed by atoms with Crippen LogP contribution in [0.15, 0.2) is 0 Å². The Morgan fingerprint density at radius 1 is 1.29 bits per heavy atom. The molecule has 0 heterocycles. The number of urea groups is 1. The summed E-state index contributed by atoms with van der Waals surface area (Å²) in [7, 11) is -0.766. The molecule has 2 atom stereocenters. The van der Waals surface area contributed by atoms with E-state index >= 15 is 0 Å². The average Bonchev–Trinajstić information content (AvgIpc) is 2.32. The molecule has 0 rings (SSSR count). The third kappa shape index (κ3) is 6.92. The van der Waals surface area contributed by atoms with Crippen molar-refractivity contribution in [1.82, 2.24) is 5.32 Å². The van der Waals surface area contributed by atoms with Gasteiger partial charge in [-0.2, -0.15) is 0 Å². The Bertz CT molecular complexity index is 369.